The summed E-state index contributed by atoms with van der Waals surface area (Å²) in [6.45, 7) is 2.02. The molecule has 1 aromatic heterocycles. The molecule has 3 atom stereocenters. The second-order valence-corrected chi connectivity index (χ2v) is 5.82. The van der Waals surface area contributed by atoms with Gasteiger partial charge in [0.15, 0.2) is 5.82 Å². The van der Waals surface area contributed by atoms with Crippen LogP contribution in [0.4, 0.5) is 5.82 Å². The molecule has 0 radical (unpaired) electrons. The summed E-state index contributed by atoms with van der Waals surface area (Å²) in [5, 5.41) is 11.9. The number of carbonyl (C=O) groups is 2. The maximum atomic E-state index is 12.2. The summed E-state index contributed by atoms with van der Waals surface area (Å²) >= 11 is 3.16. The molecule has 1 amide bonds. The van der Waals surface area contributed by atoms with Crippen molar-refractivity contribution >= 4 is 33.6 Å². The fourth-order valence-electron chi connectivity index (χ4n) is 2.63. The van der Waals surface area contributed by atoms with E-state index < -0.39 is 17.8 Å². The standard InChI is InChI=1S/C13H16BrN3O3/c1-2-7-3-8(9(4-7)13(19)20)12(18)17-11-6-15-10(14)5-16-11/h5-9H,2-4H2,1H3,(H,19,20)(H,16,17,18)/t7?,8-,9+/m0/s1. The summed E-state index contributed by atoms with van der Waals surface area (Å²) < 4.78 is 0.575. The first-order chi connectivity index (χ1) is 9.51. The van der Waals surface area contributed by atoms with Gasteiger partial charge in [-0.2, -0.15) is 0 Å². The molecule has 1 aromatic rings. The van der Waals surface area contributed by atoms with E-state index in [4.69, 9.17) is 0 Å². The van der Waals surface area contributed by atoms with Crippen LogP contribution >= 0.6 is 15.9 Å². The number of rotatable bonds is 4. The summed E-state index contributed by atoms with van der Waals surface area (Å²) in [4.78, 5) is 31.5. The molecule has 1 unspecified atom stereocenters. The summed E-state index contributed by atoms with van der Waals surface area (Å²) in [6, 6.07) is 0. The minimum atomic E-state index is -0.900. The first kappa shape index (κ1) is 14.9. The van der Waals surface area contributed by atoms with Crippen LogP contribution in [0.5, 0.6) is 0 Å². The zero-order valence-corrected chi connectivity index (χ0v) is 12.6. The molecular weight excluding hydrogens is 326 g/mol. The number of carboxylic acids is 1. The molecule has 1 aliphatic rings. The summed E-state index contributed by atoms with van der Waals surface area (Å²) in [5.74, 6) is -1.66. The normalized spacial score (nSPS) is 25.4. The number of aliphatic carboxylic acids is 1. The van der Waals surface area contributed by atoms with E-state index in [2.05, 4.69) is 31.2 Å². The van der Waals surface area contributed by atoms with Gasteiger partial charge >= 0.3 is 5.97 Å². The van der Waals surface area contributed by atoms with Crippen LogP contribution in [0.1, 0.15) is 26.2 Å². The number of halogens is 1. The number of nitrogens with one attached hydrogen (secondary N) is 1. The molecule has 7 heteroatoms. The van der Waals surface area contributed by atoms with Crippen molar-refractivity contribution in [3.8, 4) is 0 Å². The van der Waals surface area contributed by atoms with Crippen LogP contribution in [0.25, 0.3) is 0 Å². The second kappa shape index (κ2) is 6.30. The molecule has 1 fully saturated rings. The predicted molar refractivity (Wildman–Crippen MR) is 76.0 cm³/mol. The van der Waals surface area contributed by atoms with Gasteiger partial charge in [0, 0.05) is 0 Å². The number of hydrogen-bond donors (Lipinski definition) is 2. The van der Waals surface area contributed by atoms with Gasteiger partial charge in [-0.3, -0.25) is 9.59 Å². The molecule has 108 valence electrons. The average Bonchev–Trinajstić information content (AvgIpc) is 2.86. The van der Waals surface area contributed by atoms with Crippen LogP contribution in [0.3, 0.4) is 0 Å². The third kappa shape index (κ3) is 3.33. The molecule has 1 saturated carbocycles. The van der Waals surface area contributed by atoms with Crippen molar-refractivity contribution in [2.24, 2.45) is 17.8 Å². The number of amides is 1. The summed E-state index contributed by atoms with van der Waals surface area (Å²) in [5.41, 5.74) is 0. The predicted octanol–water partition coefficient (Wildman–Crippen LogP) is 2.31. The van der Waals surface area contributed by atoms with Gasteiger partial charge in [0.25, 0.3) is 0 Å². The fourth-order valence-corrected chi connectivity index (χ4v) is 2.84. The van der Waals surface area contributed by atoms with Crippen molar-refractivity contribution < 1.29 is 14.7 Å². The smallest absolute Gasteiger partial charge is 0.307 e. The van der Waals surface area contributed by atoms with Crippen molar-refractivity contribution in [1.82, 2.24) is 9.97 Å². The Morgan fingerprint density at radius 1 is 1.35 bits per heavy atom. The van der Waals surface area contributed by atoms with Crippen LogP contribution in [-0.4, -0.2) is 27.0 Å². The molecule has 6 nitrogen and oxygen atoms in total. The number of anilines is 1. The maximum Gasteiger partial charge on any atom is 0.307 e. The molecule has 2 rings (SSSR count). The zero-order valence-electron chi connectivity index (χ0n) is 11.0. The molecule has 0 aromatic carbocycles. The minimum absolute atomic E-state index is 0.287. The van der Waals surface area contributed by atoms with Crippen LogP contribution in [-0.2, 0) is 9.59 Å². The third-order valence-corrected chi connectivity index (χ3v) is 4.17. The molecule has 0 saturated heterocycles. The number of carbonyl (C=O) groups excluding carboxylic acids is 1. The Balaban J connectivity index is 2.07. The molecular formula is C13H16BrN3O3. The van der Waals surface area contributed by atoms with Crippen LogP contribution < -0.4 is 5.32 Å². The molecule has 0 spiro atoms. The molecule has 2 N–H and O–H groups in total. The second-order valence-electron chi connectivity index (χ2n) is 5.01. The lowest BCUT2D eigenvalue weighted by molar-refractivity contribution is -0.145. The monoisotopic (exact) mass is 341 g/mol. The molecule has 0 aliphatic heterocycles. The first-order valence-corrected chi connectivity index (χ1v) is 7.31. The van der Waals surface area contributed by atoms with Gasteiger partial charge in [0.05, 0.1) is 24.2 Å². The number of aromatic nitrogens is 2. The first-order valence-electron chi connectivity index (χ1n) is 6.52. The zero-order chi connectivity index (χ0) is 14.7. The van der Waals surface area contributed by atoms with Crippen LogP contribution in [0.2, 0.25) is 0 Å². The Kier molecular flexibility index (Phi) is 4.69. The number of hydrogen-bond acceptors (Lipinski definition) is 4. The van der Waals surface area contributed by atoms with Gasteiger partial charge in [-0.05, 0) is 34.7 Å². The number of carboxylic acid groups (broad SMARTS) is 1. The van der Waals surface area contributed by atoms with Gasteiger partial charge in [0.1, 0.15) is 4.60 Å². The van der Waals surface area contributed by atoms with E-state index in [0.29, 0.717) is 29.2 Å². The van der Waals surface area contributed by atoms with E-state index in [1.54, 1.807) is 0 Å². The Morgan fingerprint density at radius 3 is 2.60 bits per heavy atom. The topological polar surface area (TPSA) is 92.2 Å². The molecule has 20 heavy (non-hydrogen) atoms. The van der Waals surface area contributed by atoms with Crippen molar-refractivity contribution in [3.05, 3.63) is 17.0 Å². The molecule has 0 bridgehead atoms. The van der Waals surface area contributed by atoms with Gasteiger partial charge in [-0.25, -0.2) is 9.97 Å². The van der Waals surface area contributed by atoms with Crippen LogP contribution in [0.15, 0.2) is 17.0 Å². The van der Waals surface area contributed by atoms with Crippen LogP contribution in [0, 0.1) is 17.8 Å². The SMILES string of the molecule is CCC1C[C@H](C(=O)Nc2cnc(Br)cn2)[C@H](C(=O)O)C1. The van der Waals surface area contributed by atoms with Gasteiger partial charge in [0.2, 0.25) is 5.91 Å². The highest BCUT2D eigenvalue weighted by atomic mass is 79.9. The Hall–Kier alpha value is -1.50. The highest BCUT2D eigenvalue weighted by Gasteiger charge is 2.42. The molecule has 1 heterocycles. The Morgan fingerprint density at radius 2 is 2.05 bits per heavy atom. The van der Waals surface area contributed by atoms with Gasteiger partial charge in [-0.1, -0.05) is 13.3 Å². The van der Waals surface area contributed by atoms with Crippen molar-refractivity contribution in [2.45, 2.75) is 26.2 Å². The average molecular weight is 342 g/mol. The largest absolute Gasteiger partial charge is 0.481 e. The van der Waals surface area contributed by atoms with E-state index in [1.807, 2.05) is 6.92 Å². The Labute approximate surface area is 125 Å². The van der Waals surface area contributed by atoms with Gasteiger partial charge < -0.3 is 10.4 Å². The lowest BCUT2D eigenvalue weighted by atomic mass is 9.95. The summed E-state index contributed by atoms with van der Waals surface area (Å²) in [7, 11) is 0. The lowest BCUT2D eigenvalue weighted by Crippen LogP contribution is -2.30. The highest BCUT2D eigenvalue weighted by molar-refractivity contribution is 9.10. The quantitative estimate of drug-likeness (QED) is 0.876. The van der Waals surface area contributed by atoms with Crippen molar-refractivity contribution in [2.75, 3.05) is 5.32 Å². The van der Waals surface area contributed by atoms with E-state index in [9.17, 15) is 14.7 Å². The minimum Gasteiger partial charge on any atom is -0.481 e. The third-order valence-electron chi connectivity index (χ3n) is 3.76. The van der Waals surface area contributed by atoms with Gasteiger partial charge in [-0.15, -0.1) is 0 Å². The fraction of sp³-hybridized carbons (Fsp3) is 0.538. The van der Waals surface area contributed by atoms with Crippen molar-refractivity contribution in [1.29, 1.82) is 0 Å². The van der Waals surface area contributed by atoms with E-state index in [1.165, 1.54) is 12.4 Å². The van der Waals surface area contributed by atoms with E-state index in [0.717, 1.165) is 6.42 Å². The highest BCUT2D eigenvalue weighted by Crippen LogP contribution is 2.38. The Bertz CT molecular complexity index is 506. The molecule has 1 aliphatic carbocycles. The van der Waals surface area contributed by atoms with E-state index in [-0.39, 0.29) is 5.91 Å². The maximum absolute atomic E-state index is 12.2. The van der Waals surface area contributed by atoms with E-state index >= 15 is 0 Å². The lowest BCUT2D eigenvalue weighted by Gasteiger charge is -2.14. The number of nitrogens with zero attached hydrogens (tertiary/aromatic N) is 2. The van der Waals surface area contributed by atoms with Crippen molar-refractivity contribution in [3.63, 3.8) is 0 Å². The summed E-state index contributed by atoms with van der Waals surface area (Å²) in [6.07, 6.45) is 4.99.